The molecule has 2 aromatic heterocycles. The minimum Gasteiger partial charge on any atom is -0.465 e. The molecule has 1 aromatic carbocycles. The molecule has 1 N–H and O–H groups in total. The van der Waals surface area contributed by atoms with E-state index in [0.717, 1.165) is 5.56 Å². The largest absolute Gasteiger partial charge is 0.465 e. The van der Waals surface area contributed by atoms with Crippen LogP contribution >= 0.6 is 0 Å². The maximum Gasteiger partial charge on any atom is 0.244 e. The number of benzene rings is 1. The van der Waals surface area contributed by atoms with Crippen LogP contribution in [0, 0.1) is 0 Å². The molecule has 1 amide bonds. The van der Waals surface area contributed by atoms with Crippen LogP contribution in [0.2, 0.25) is 0 Å². The van der Waals surface area contributed by atoms with Crippen molar-refractivity contribution in [1.82, 2.24) is 20.1 Å². The van der Waals surface area contributed by atoms with Crippen LogP contribution < -0.4 is 5.32 Å². The van der Waals surface area contributed by atoms with Crippen molar-refractivity contribution in [3.8, 4) is 0 Å². The number of hydrogen-bond acceptors (Lipinski definition) is 4. The highest BCUT2D eigenvalue weighted by Crippen LogP contribution is 2.14. The standard InChI is InChI=1S/C17H16N4O2/c22-17(9-8-15-7-4-10-23-15)20-16(11-21-13-18-12-19-21)14-5-2-1-3-6-14/h1-10,12-13,16H,11H2,(H,20,22)/b9-8-/t16-/m1/s1. The Balaban J connectivity index is 1.71. The average Bonchev–Trinajstić information content (AvgIpc) is 3.27. The van der Waals surface area contributed by atoms with Gasteiger partial charge in [-0.05, 0) is 23.8 Å². The Morgan fingerprint density at radius 3 is 2.83 bits per heavy atom. The van der Waals surface area contributed by atoms with Crippen LogP contribution in [0.1, 0.15) is 17.4 Å². The van der Waals surface area contributed by atoms with E-state index in [4.69, 9.17) is 4.42 Å². The summed E-state index contributed by atoms with van der Waals surface area (Å²) in [4.78, 5) is 16.1. The Labute approximate surface area is 133 Å². The minimum atomic E-state index is -0.202. The predicted molar refractivity (Wildman–Crippen MR) is 85.1 cm³/mol. The first-order chi connectivity index (χ1) is 11.3. The van der Waals surface area contributed by atoms with E-state index >= 15 is 0 Å². The lowest BCUT2D eigenvalue weighted by Gasteiger charge is -2.18. The maximum atomic E-state index is 12.2. The van der Waals surface area contributed by atoms with E-state index in [-0.39, 0.29) is 11.9 Å². The number of rotatable bonds is 6. The molecule has 0 saturated heterocycles. The third kappa shape index (κ3) is 4.16. The zero-order valence-electron chi connectivity index (χ0n) is 12.4. The highest BCUT2D eigenvalue weighted by Gasteiger charge is 2.14. The smallest absolute Gasteiger partial charge is 0.244 e. The van der Waals surface area contributed by atoms with Gasteiger partial charge in [0.2, 0.25) is 5.91 Å². The molecule has 0 unspecified atom stereocenters. The summed E-state index contributed by atoms with van der Waals surface area (Å²) in [6.07, 6.45) is 7.75. The summed E-state index contributed by atoms with van der Waals surface area (Å²) < 4.78 is 6.86. The van der Waals surface area contributed by atoms with Crippen LogP contribution in [-0.4, -0.2) is 20.7 Å². The van der Waals surface area contributed by atoms with Crippen LogP contribution in [-0.2, 0) is 11.3 Å². The van der Waals surface area contributed by atoms with Gasteiger partial charge in [0.05, 0.1) is 18.8 Å². The molecular formula is C17H16N4O2. The monoisotopic (exact) mass is 308 g/mol. The van der Waals surface area contributed by atoms with Crippen molar-refractivity contribution in [1.29, 1.82) is 0 Å². The lowest BCUT2D eigenvalue weighted by atomic mass is 10.1. The molecule has 1 atom stereocenters. The molecule has 0 radical (unpaired) electrons. The SMILES string of the molecule is O=C(/C=C\c1ccco1)N[C@H](Cn1cncn1)c1ccccc1. The number of nitrogens with one attached hydrogen (secondary N) is 1. The van der Waals surface area contributed by atoms with Gasteiger partial charge in [0.1, 0.15) is 18.4 Å². The molecule has 6 heteroatoms. The van der Waals surface area contributed by atoms with Gasteiger partial charge in [-0.25, -0.2) is 4.98 Å². The van der Waals surface area contributed by atoms with E-state index in [9.17, 15) is 4.79 Å². The van der Waals surface area contributed by atoms with Crippen LogP contribution in [0.15, 0.2) is 71.9 Å². The van der Waals surface area contributed by atoms with Crippen LogP contribution in [0.25, 0.3) is 6.08 Å². The molecular weight excluding hydrogens is 292 g/mol. The Bertz CT molecular complexity index is 749. The van der Waals surface area contributed by atoms with Crippen LogP contribution in [0.5, 0.6) is 0 Å². The van der Waals surface area contributed by atoms with Crippen molar-refractivity contribution in [2.45, 2.75) is 12.6 Å². The second-order valence-electron chi connectivity index (χ2n) is 4.94. The first-order valence-corrected chi connectivity index (χ1v) is 7.21. The van der Waals surface area contributed by atoms with E-state index < -0.39 is 0 Å². The number of aromatic nitrogens is 3. The third-order valence-corrected chi connectivity index (χ3v) is 3.30. The lowest BCUT2D eigenvalue weighted by molar-refractivity contribution is -0.117. The molecule has 6 nitrogen and oxygen atoms in total. The summed E-state index contributed by atoms with van der Waals surface area (Å²) in [7, 11) is 0. The van der Waals surface area contributed by atoms with Gasteiger partial charge >= 0.3 is 0 Å². The average molecular weight is 308 g/mol. The number of nitrogens with zero attached hydrogens (tertiary/aromatic N) is 3. The number of hydrogen-bond donors (Lipinski definition) is 1. The summed E-state index contributed by atoms with van der Waals surface area (Å²) in [5.41, 5.74) is 1.00. The molecule has 0 aliphatic carbocycles. The van der Waals surface area contributed by atoms with Gasteiger partial charge in [-0.1, -0.05) is 30.3 Å². The van der Waals surface area contributed by atoms with Crippen molar-refractivity contribution < 1.29 is 9.21 Å². The zero-order chi connectivity index (χ0) is 15.9. The number of amides is 1. The molecule has 0 saturated carbocycles. The molecule has 3 aromatic rings. The molecule has 2 heterocycles. The summed E-state index contributed by atoms with van der Waals surface area (Å²) in [6, 6.07) is 13.1. The Hall–Kier alpha value is -3.15. The van der Waals surface area contributed by atoms with E-state index in [1.54, 1.807) is 35.5 Å². The van der Waals surface area contributed by atoms with Gasteiger partial charge in [-0.15, -0.1) is 0 Å². The van der Waals surface area contributed by atoms with Gasteiger partial charge < -0.3 is 9.73 Å². The van der Waals surface area contributed by atoms with Gasteiger partial charge in [0.15, 0.2) is 0 Å². The predicted octanol–water partition coefficient (Wildman–Crippen LogP) is 2.44. The van der Waals surface area contributed by atoms with Gasteiger partial charge in [0.25, 0.3) is 0 Å². The number of carbonyl (C=O) groups excluding carboxylic acids is 1. The second-order valence-corrected chi connectivity index (χ2v) is 4.94. The van der Waals surface area contributed by atoms with E-state index in [1.807, 2.05) is 30.3 Å². The fourth-order valence-corrected chi connectivity index (χ4v) is 2.20. The highest BCUT2D eigenvalue weighted by atomic mass is 16.3. The van der Waals surface area contributed by atoms with Crippen molar-refractivity contribution in [2.75, 3.05) is 0 Å². The minimum absolute atomic E-state index is 0.199. The van der Waals surface area contributed by atoms with E-state index in [1.165, 1.54) is 12.4 Å². The Morgan fingerprint density at radius 1 is 1.26 bits per heavy atom. The summed E-state index contributed by atoms with van der Waals surface area (Å²) in [6.45, 7) is 0.504. The van der Waals surface area contributed by atoms with Crippen molar-refractivity contribution in [3.63, 3.8) is 0 Å². The molecule has 0 aliphatic rings. The van der Waals surface area contributed by atoms with Crippen LogP contribution in [0.3, 0.4) is 0 Å². The topological polar surface area (TPSA) is 73.0 Å². The third-order valence-electron chi connectivity index (χ3n) is 3.30. The summed E-state index contributed by atoms with van der Waals surface area (Å²) >= 11 is 0. The van der Waals surface area contributed by atoms with Crippen molar-refractivity contribution in [2.24, 2.45) is 0 Å². The Morgan fingerprint density at radius 2 is 2.13 bits per heavy atom. The molecule has 116 valence electrons. The number of furan rings is 1. The first-order valence-electron chi connectivity index (χ1n) is 7.21. The zero-order valence-corrected chi connectivity index (χ0v) is 12.4. The van der Waals surface area contributed by atoms with Crippen LogP contribution in [0.4, 0.5) is 0 Å². The fourth-order valence-electron chi connectivity index (χ4n) is 2.20. The number of carbonyl (C=O) groups is 1. The van der Waals surface area contributed by atoms with Gasteiger partial charge in [0, 0.05) is 6.08 Å². The summed E-state index contributed by atoms with van der Waals surface area (Å²) in [5.74, 6) is 0.433. The van der Waals surface area contributed by atoms with Gasteiger partial charge in [-0.3, -0.25) is 9.48 Å². The fraction of sp³-hybridized carbons (Fsp3) is 0.118. The molecule has 23 heavy (non-hydrogen) atoms. The molecule has 0 aliphatic heterocycles. The quantitative estimate of drug-likeness (QED) is 0.710. The summed E-state index contributed by atoms with van der Waals surface area (Å²) in [5, 5.41) is 7.07. The molecule has 3 rings (SSSR count). The first kappa shape index (κ1) is 14.8. The molecule has 0 fully saturated rings. The molecule has 0 bridgehead atoms. The highest BCUT2D eigenvalue weighted by molar-refractivity contribution is 5.91. The lowest BCUT2D eigenvalue weighted by Crippen LogP contribution is -2.30. The van der Waals surface area contributed by atoms with E-state index in [2.05, 4.69) is 15.4 Å². The normalized spacial score (nSPS) is 12.3. The Kier molecular flexibility index (Phi) is 4.63. The second kappa shape index (κ2) is 7.22. The van der Waals surface area contributed by atoms with Crippen molar-refractivity contribution >= 4 is 12.0 Å². The molecule has 0 spiro atoms. The van der Waals surface area contributed by atoms with E-state index in [0.29, 0.717) is 12.3 Å². The maximum absolute atomic E-state index is 12.2. The van der Waals surface area contributed by atoms with Crippen molar-refractivity contribution in [3.05, 3.63) is 78.8 Å². The van der Waals surface area contributed by atoms with Gasteiger partial charge in [-0.2, -0.15) is 5.10 Å².